The van der Waals surface area contributed by atoms with Crippen molar-refractivity contribution in [2.45, 2.75) is 26.2 Å². The Morgan fingerprint density at radius 1 is 1.00 bits per heavy atom. The van der Waals surface area contributed by atoms with Gasteiger partial charge in [0.1, 0.15) is 0 Å². The number of anilines is 2. The van der Waals surface area contributed by atoms with Gasteiger partial charge in [0.25, 0.3) is 5.91 Å². The minimum absolute atomic E-state index is 0.0431. The summed E-state index contributed by atoms with van der Waals surface area (Å²) >= 11 is 0. The van der Waals surface area contributed by atoms with E-state index in [0.29, 0.717) is 24.3 Å². The fraction of sp³-hybridized carbons (Fsp3) is 0.318. The molecule has 6 heteroatoms. The van der Waals surface area contributed by atoms with Crippen molar-refractivity contribution < 1.29 is 14.4 Å². The van der Waals surface area contributed by atoms with Gasteiger partial charge < -0.3 is 15.5 Å². The third-order valence-corrected chi connectivity index (χ3v) is 4.81. The average Bonchev–Trinajstić information content (AvgIpc) is 3.08. The highest BCUT2D eigenvalue weighted by Gasteiger charge is 2.33. The molecule has 3 rings (SSSR count). The molecule has 146 valence electrons. The van der Waals surface area contributed by atoms with E-state index in [4.69, 9.17) is 0 Å². The third kappa shape index (κ3) is 4.97. The van der Waals surface area contributed by atoms with Crippen molar-refractivity contribution in [3.8, 4) is 0 Å². The molecule has 1 aliphatic heterocycles. The van der Waals surface area contributed by atoms with Crippen LogP contribution in [0.1, 0.15) is 36.5 Å². The van der Waals surface area contributed by atoms with Crippen LogP contribution in [0.5, 0.6) is 0 Å². The minimum Gasteiger partial charge on any atom is -0.342 e. The van der Waals surface area contributed by atoms with Crippen LogP contribution in [0.15, 0.2) is 54.6 Å². The quantitative estimate of drug-likeness (QED) is 0.772. The first kappa shape index (κ1) is 19.6. The standard InChI is InChI=1S/C22H25N3O3/c1-2-3-13-25-15-17(14-20(25)26)22(28)24-19-11-9-16(10-12-19)21(27)23-18-7-5-4-6-8-18/h4-12,17H,2-3,13-15H2,1H3,(H,23,27)(H,24,28)/t17-/m0/s1. The Hall–Kier alpha value is -3.15. The van der Waals surface area contributed by atoms with Gasteiger partial charge in [-0.2, -0.15) is 0 Å². The highest BCUT2D eigenvalue weighted by molar-refractivity contribution is 6.04. The molecule has 1 heterocycles. The number of nitrogens with zero attached hydrogens (tertiary/aromatic N) is 1. The molecule has 28 heavy (non-hydrogen) atoms. The van der Waals surface area contributed by atoms with Gasteiger partial charge in [-0.3, -0.25) is 14.4 Å². The number of unbranched alkanes of at least 4 members (excludes halogenated alkanes) is 1. The normalized spacial score (nSPS) is 16.1. The number of carbonyl (C=O) groups is 3. The van der Waals surface area contributed by atoms with Crippen molar-refractivity contribution in [3.05, 3.63) is 60.2 Å². The Labute approximate surface area is 164 Å². The van der Waals surface area contributed by atoms with Gasteiger partial charge in [0, 0.05) is 36.4 Å². The zero-order valence-corrected chi connectivity index (χ0v) is 16.0. The molecule has 1 atom stereocenters. The summed E-state index contributed by atoms with van der Waals surface area (Å²) in [4.78, 5) is 38.5. The van der Waals surface area contributed by atoms with Crippen LogP contribution in [0.4, 0.5) is 11.4 Å². The predicted molar refractivity (Wildman–Crippen MR) is 109 cm³/mol. The van der Waals surface area contributed by atoms with Crippen LogP contribution in [0.3, 0.4) is 0 Å². The summed E-state index contributed by atoms with van der Waals surface area (Å²) in [6.07, 6.45) is 2.23. The summed E-state index contributed by atoms with van der Waals surface area (Å²) in [5.74, 6) is -0.655. The monoisotopic (exact) mass is 379 g/mol. The molecular formula is C22H25N3O3. The molecule has 0 saturated carbocycles. The maximum atomic E-state index is 12.5. The Kier molecular flexibility index (Phi) is 6.42. The summed E-state index contributed by atoms with van der Waals surface area (Å²) < 4.78 is 0. The van der Waals surface area contributed by atoms with E-state index < -0.39 is 0 Å². The fourth-order valence-electron chi connectivity index (χ4n) is 3.19. The van der Waals surface area contributed by atoms with Crippen LogP contribution in [-0.4, -0.2) is 35.7 Å². The van der Waals surface area contributed by atoms with E-state index in [0.717, 1.165) is 18.5 Å². The number of para-hydroxylation sites is 1. The second-order valence-electron chi connectivity index (χ2n) is 6.98. The first-order valence-corrected chi connectivity index (χ1v) is 9.62. The molecule has 0 aliphatic carbocycles. The SMILES string of the molecule is CCCCN1C[C@@H](C(=O)Nc2ccc(C(=O)Nc3ccccc3)cc2)CC1=O. The topological polar surface area (TPSA) is 78.5 Å². The molecule has 1 fully saturated rings. The molecule has 2 aromatic carbocycles. The van der Waals surface area contributed by atoms with E-state index in [2.05, 4.69) is 17.6 Å². The first-order valence-electron chi connectivity index (χ1n) is 9.62. The Balaban J connectivity index is 1.54. The first-order chi connectivity index (χ1) is 13.6. The van der Waals surface area contributed by atoms with Gasteiger partial charge in [0.15, 0.2) is 0 Å². The Morgan fingerprint density at radius 2 is 1.68 bits per heavy atom. The lowest BCUT2D eigenvalue weighted by atomic mass is 10.1. The zero-order valence-electron chi connectivity index (χ0n) is 16.0. The van der Waals surface area contributed by atoms with Crippen LogP contribution in [0, 0.1) is 5.92 Å². The summed E-state index contributed by atoms with van der Waals surface area (Å²) in [5.41, 5.74) is 1.84. The smallest absolute Gasteiger partial charge is 0.255 e. The van der Waals surface area contributed by atoms with Crippen molar-refractivity contribution in [2.75, 3.05) is 23.7 Å². The maximum absolute atomic E-state index is 12.5. The van der Waals surface area contributed by atoms with Crippen LogP contribution < -0.4 is 10.6 Å². The van der Waals surface area contributed by atoms with E-state index in [1.807, 2.05) is 30.3 Å². The average molecular weight is 379 g/mol. The number of likely N-dealkylation sites (tertiary alicyclic amines) is 1. The van der Waals surface area contributed by atoms with Crippen LogP contribution in [0.2, 0.25) is 0 Å². The Morgan fingerprint density at radius 3 is 2.36 bits per heavy atom. The molecule has 1 aliphatic rings. The molecule has 3 amide bonds. The predicted octanol–water partition coefficient (Wildman–Crippen LogP) is 3.53. The lowest BCUT2D eigenvalue weighted by Crippen LogP contribution is -2.29. The highest BCUT2D eigenvalue weighted by atomic mass is 16.2. The summed E-state index contributed by atoms with van der Waals surface area (Å²) in [5, 5.41) is 5.67. The molecule has 2 N–H and O–H groups in total. The Bertz CT molecular complexity index is 834. The second-order valence-corrected chi connectivity index (χ2v) is 6.98. The van der Waals surface area contributed by atoms with E-state index in [1.54, 1.807) is 29.2 Å². The molecular weight excluding hydrogens is 354 g/mol. The van der Waals surface area contributed by atoms with E-state index in [9.17, 15) is 14.4 Å². The van der Waals surface area contributed by atoms with Crippen molar-refractivity contribution in [2.24, 2.45) is 5.92 Å². The number of hydrogen-bond acceptors (Lipinski definition) is 3. The number of carbonyl (C=O) groups excluding carboxylic acids is 3. The minimum atomic E-state index is -0.328. The molecule has 0 unspecified atom stereocenters. The van der Waals surface area contributed by atoms with Crippen LogP contribution >= 0.6 is 0 Å². The number of amides is 3. The summed E-state index contributed by atoms with van der Waals surface area (Å²) in [6, 6.07) is 16.0. The lowest BCUT2D eigenvalue weighted by Gasteiger charge is -2.16. The molecule has 0 spiro atoms. The van der Waals surface area contributed by atoms with Gasteiger partial charge in [0.05, 0.1) is 5.92 Å². The van der Waals surface area contributed by atoms with Crippen molar-refractivity contribution in [3.63, 3.8) is 0 Å². The third-order valence-electron chi connectivity index (χ3n) is 4.81. The van der Waals surface area contributed by atoms with Crippen LogP contribution in [-0.2, 0) is 9.59 Å². The molecule has 2 aromatic rings. The number of nitrogens with one attached hydrogen (secondary N) is 2. The van der Waals surface area contributed by atoms with Gasteiger partial charge in [-0.25, -0.2) is 0 Å². The second kappa shape index (κ2) is 9.17. The van der Waals surface area contributed by atoms with Gasteiger partial charge in [0.2, 0.25) is 11.8 Å². The molecule has 6 nitrogen and oxygen atoms in total. The molecule has 1 saturated heterocycles. The van der Waals surface area contributed by atoms with Gasteiger partial charge in [-0.15, -0.1) is 0 Å². The number of benzene rings is 2. The largest absolute Gasteiger partial charge is 0.342 e. The van der Waals surface area contributed by atoms with Crippen LogP contribution in [0.25, 0.3) is 0 Å². The summed E-state index contributed by atoms with van der Waals surface area (Å²) in [6.45, 7) is 3.26. The van der Waals surface area contributed by atoms with Gasteiger partial charge in [-0.05, 0) is 42.8 Å². The lowest BCUT2D eigenvalue weighted by molar-refractivity contribution is -0.128. The number of rotatable bonds is 7. The number of hydrogen-bond donors (Lipinski definition) is 2. The van der Waals surface area contributed by atoms with Gasteiger partial charge >= 0.3 is 0 Å². The van der Waals surface area contributed by atoms with Crippen molar-refractivity contribution >= 4 is 29.1 Å². The summed E-state index contributed by atoms with van der Waals surface area (Å²) in [7, 11) is 0. The fourth-order valence-corrected chi connectivity index (χ4v) is 3.19. The van der Waals surface area contributed by atoms with E-state index in [1.165, 1.54) is 0 Å². The zero-order chi connectivity index (χ0) is 19.9. The molecule has 0 aromatic heterocycles. The van der Waals surface area contributed by atoms with E-state index >= 15 is 0 Å². The highest BCUT2D eigenvalue weighted by Crippen LogP contribution is 2.21. The molecule has 0 radical (unpaired) electrons. The van der Waals surface area contributed by atoms with E-state index in [-0.39, 0.29) is 30.1 Å². The van der Waals surface area contributed by atoms with Crippen molar-refractivity contribution in [1.82, 2.24) is 4.90 Å². The van der Waals surface area contributed by atoms with Gasteiger partial charge in [-0.1, -0.05) is 31.5 Å². The van der Waals surface area contributed by atoms with Crippen molar-refractivity contribution in [1.29, 1.82) is 0 Å². The molecule has 0 bridgehead atoms. The maximum Gasteiger partial charge on any atom is 0.255 e.